The van der Waals surface area contributed by atoms with Crippen LogP contribution in [0.4, 0.5) is 31.9 Å². The lowest BCUT2D eigenvalue weighted by Crippen LogP contribution is -2.02. The largest absolute Gasteiger partial charge is 0.497 e. The van der Waals surface area contributed by atoms with Gasteiger partial charge in [-0.15, -0.1) is 0 Å². The van der Waals surface area contributed by atoms with E-state index in [9.17, 15) is 8.78 Å². The molecule has 0 aliphatic heterocycles. The van der Waals surface area contributed by atoms with Crippen LogP contribution in [0.1, 0.15) is 0 Å². The number of rotatable bonds is 6. The second-order valence-electron chi connectivity index (χ2n) is 5.21. The molecule has 0 saturated heterocycles. The predicted molar refractivity (Wildman–Crippen MR) is 94.5 cm³/mol. The maximum atomic E-state index is 13.8. The topological polar surface area (TPSA) is 68.3 Å². The molecule has 2 N–H and O–H groups in total. The van der Waals surface area contributed by atoms with Crippen molar-refractivity contribution in [2.45, 2.75) is 0 Å². The number of benzene rings is 2. The van der Waals surface area contributed by atoms with Crippen LogP contribution in [-0.2, 0) is 0 Å². The van der Waals surface area contributed by atoms with E-state index in [4.69, 9.17) is 9.47 Å². The van der Waals surface area contributed by atoms with Crippen molar-refractivity contribution in [2.24, 2.45) is 0 Å². The Labute approximate surface area is 148 Å². The zero-order valence-electron chi connectivity index (χ0n) is 14.1. The molecule has 2 aromatic carbocycles. The quantitative estimate of drug-likeness (QED) is 0.686. The van der Waals surface area contributed by atoms with Crippen LogP contribution >= 0.6 is 0 Å². The van der Waals surface area contributed by atoms with E-state index < -0.39 is 11.6 Å². The van der Waals surface area contributed by atoms with Crippen molar-refractivity contribution in [2.75, 3.05) is 24.9 Å². The van der Waals surface area contributed by atoms with E-state index in [1.165, 1.54) is 12.3 Å². The molecule has 3 aromatic rings. The first-order valence-electron chi connectivity index (χ1n) is 7.63. The molecule has 0 aliphatic carbocycles. The van der Waals surface area contributed by atoms with E-state index >= 15 is 0 Å². The third-order valence-electron chi connectivity index (χ3n) is 3.50. The van der Waals surface area contributed by atoms with Gasteiger partial charge in [-0.05, 0) is 30.3 Å². The predicted octanol–water partition coefficient (Wildman–Crippen LogP) is 4.26. The molecule has 0 radical (unpaired) electrons. The first kappa shape index (κ1) is 17.4. The fourth-order valence-electron chi connectivity index (χ4n) is 2.25. The number of anilines is 4. The van der Waals surface area contributed by atoms with Gasteiger partial charge >= 0.3 is 0 Å². The number of halogens is 2. The molecule has 6 nitrogen and oxygen atoms in total. The molecule has 8 heteroatoms. The molecule has 0 fully saturated rings. The van der Waals surface area contributed by atoms with Crippen molar-refractivity contribution < 1.29 is 18.3 Å². The zero-order valence-corrected chi connectivity index (χ0v) is 14.1. The van der Waals surface area contributed by atoms with Crippen molar-refractivity contribution in [1.29, 1.82) is 0 Å². The van der Waals surface area contributed by atoms with Gasteiger partial charge in [-0.25, -0.2) is 13.8 Å². The van der Waals surface area contributed by atoms with Gasteiger partial charge in [0.2, 0.25) is 5.95 Å². The van der Waals surface area contributed by atoms with Crippen LogP contribution < -0.4 is 20.1 Å². The highest BCUT2D eigenvalue weighted by Crippen LogP contribution is 2.31. The Morgan fingerprint density at radius 3 is 2.46 bits per heavy atom. The highest BCUT2D eigenvalue weighted by atomic mass is 19.1. The van der Waals surface area contributed by atoms with Crippen molar-refractivity contribution in [3.63, 3.8) is 0 Å². The smallest absolute Gasteiger partial charge is 0.229 e. The number of hydrogen-bond acceptors (Lipinski definition) is 6. The molecule has 0 bridgehead atoms. The Balaban J connectivity index is 1.84. The summed E-state index contributed by atoms with van der Waals surface area (Å²) in [4.78, 5) is 8.40. The molecular weight excluding hydrogens is 342 g/mol. The number of hydrogen-bond donors (Lipinski definition) is 2. The fourth-order valence-corrected chi connectivity index (χ4v) is 2.25. The average Bonchev–Trinajstić information content (AvgIpc) is 2.64. The van der Waals surface area contributed by atoms with E-state index in [1.807, 2.05) is 0 Å². The van der Waals surface area contributed by atoms with Crippen LogP contribution in [0.2, 0.25) is 0 Å². The minimum Gasteiger partial charge on any atom is -0.497 e. The van der Waals surface area contributed by atoms with Gasteiger partial charge in [0, 0.05) is 18.3 Å². The summed E-state index contributed by atoms with van der Waals surface area (Å²) in [5.74, 6) is 0.461. The first-order valence-corrected chi connectivity index (χ1v) is 7.63. The number of methoxy groups -OCH3 is 2. The maximum Gasteiger partial charge on any atom is 0.229 e. The van der Waals surface area contributed by atoms with Crippen LogP contribution in [0.15, 0.2) is 48.7 Å². The van der Waals surface area contributed by atoms with E-state index in [2.05, 4.69) is 20.6 Å². The molecule has 1 heterocycles. The first-order chi connectivity index (χ1) is 12.6. The molecule has 134 valence electrons. The molecule has 0 unspecified atom stereocenters. The zero-order chi connectivity index (χ0) is 18.5. The SMILES string of the molecule is COc1ccc(OC)c(Nc2nccc(Nc3ccc(F)cc3F)n2)c1. The lowest BCUT2D eigenvalue weighted by Gasteiger charge is -2.12. The summed E-state index contributed by atoms with van der Waals surface area (Å²) >= 11 is 0. The molecule has 3 rings (SSSR count). The molecule has 0 amide bonds. The van der Waals surface area contributed by atoms with Gasteiger partial charge in [-0.1, -0.05) is 0 Å². The number of nitrogens with one attached hydrogen (secondary N) is 2. The van der Waals surface area contributed by atoms with Gasteiger partial charge in [-0.3, -0.25) is 0 Å². The third kappa shape index (κ3) is 3.97. The lowest BCUT2D eigenvalue weighted by atomic mass is 10.2. The van der Waals surface area contributed by atoms with Gasteiger partial charge in [0.05, 0.1) is 25.6 Å². The lowest BCUT2D eigenvalue weighted by molar-refractivity contribution is 0.405. The molecule has 0 atom stereocenters. The van der Waals surface area contributed by atoms with Crippen molar-refractivity contribution in [1.82, 2.24) is 9.97 Å². The summed E-state index contributed by atoms with van der Waals surface area (Å²) in [6, 6.07) is 10.1. The fraction of sp³-hybridized carbons (Fsp3) is 0.111. The normalized spacial score (nSPS) is 10.3. The van der Waals surface area contributed by atoms with E-state index in [0.717, 1.165) is 12.1 Å². The van der Waals surface area contributed by atoms with Crippen molar-refractivity contribution >= 4 is 23.1 Å². The second kappa shape index (κ2) is 7.64. The van der Waals surface area contributed by atoms with Gasteiger partial charge in [0.1, 0.15) is 29.0 Å². The highest BCUT2D eigenvalue weighted by molar-refractivity contribution is 5.66. The van der Waals surface area contributed by atoms with Gasteiger partial charge < -0.3 is 20.1 Å². The van der Waals surface area contributed by atoms with E-state index in [1.54, 1.807) is 38.5 Å². The van der Waals surface area contributed by atoms with Gasteiger partial charge in [0.25, 0.3) is 0 Å². The van der Waals surface area contributed by atoms with E-state index in [0.29, 0.717) is 23.0 Å². The molecule has 0 saturated carbocycles. The molecule has 0 aliphatic rings. The molecule has 1 aromatic heterocycles. The molecule has 26 heavy (non-hydrogen) atoms. The minimum absolute atomic E-state index is 0.106. The standard InChI is InChI=1S/C18H16F2N4O2/c1-25-12-4-6-16(26-2)15(10-12)23-18-21-8-7-17(24-18)22-14-5-3-11(19)9-13(14)20/h3-10H,1-2H3,(H2,21,22,23,24). The van der Waals surface area contributed by atoms with Crippen LogP contribution in [0, 0.1) is 11.6 Å². The Morgan fingerprint density at radius 2 is 1.73 bits per heavy atom. The summed E-state index contributed by atoms with van der Waals surface area (Å²) in [7, 11) is 3.10. The number of nitrogens with zero attached hydrogens (tertiary/aromatic N) is 2. The van der Waals surface area contributed by atoms with Crippen molar-refractivity contribution in [3.05, 3.63) is 60.3 Å². The summed E-state index contributed by atoms with van der Waals surface area (Å²) in [6.07, 6.45) is 1.51. The molecular formula is C18H16F2N4O2. The Kier molecular flexibility index (Phi) is 5.12. The summed E-state index contributed by atoms with van der Waals surface area (Å²) in [5, 5.41) is 5.82. The summed E-state index contributed by atoms with van der Waals surface area (Å²) in [6.45, 7) is 0. The van der Waals surface area contributed by atoms with E-state index in [-0.39, 0.29) is 11.6 Å². The maximum absolute atomic E-state index is 13.8. The van der Waals surface area contributed by atoms with Crippen LogP contribution in [0.3, 0.4) is 0 Å². The van der Waals surface area contributed by atoms with Crippen LogP contribution in [0.25, 0.3) is 0 Å². The minimum atomic E-state index is -0.715. The van der Waals surface area contributed by atoms with Crippen LogP contribution in [-0.4, -0.2) is 24.2 Å². The highest BCUT2D eigenvalue weighted by Gasteiger charge is 2.09. The average molecular weight is 358 g/mol. The summed E-state index contributed by atoms with van der Waals surface area (Å²) in [5.41, 5.74) is 0.715. The second-order valence-corrected chi connectivity index (χ2v) is 5.21. The summed E-state index contributed by atoms with van der Waals surface area (Å²) < 4.78 is 37.3. The van der Waals surface area contributed by atoms with Crippen molar-refractivity contribution in [3.8, 4) is 11.5 Å². The van der Waals surface area contributed by atoms with Gasteiger partial charge in [-0.2, -0.15) is 4.98 Å². The molecule has 0 spiro atoms. The number of ether oxygens (including phenoxy) is 2. The Hall–Kier alpha value is -3.42. The monoisotopic (exact) mass is 358 g/mol. The third-order valence-corrected chi connectivity index (χ3v) is 3.50. The Morgan fingerprint density at radius 1 is 0.885 bits per heavy atom. The number of aromatic nitrogens is 2. The Bertz CT molecular complexity index is 921. The van der Waals surface area contributed by atoms with Gasteiger partial charge in [0.15, 0.2) is 0 Å². The van der Waals surface area contributed by atoms with Crippen LogP contribution in [0.5, 0.6) is 11.5 Å².